The molecule has 348 valence electrons. The summed E-state index contributed by atoms with van der Waals surface area (Å²) in [6, 6.07) is 30.3. The maximum Gasteiger partial charge on any atom is 0.347 e. The first kappa shape index (κ1) is 44.3. The number of aromatic amines is 1. The number of imidazole rings is 2. The van der Waals surface area contributed by atoms with Crippen molar-refractivity contribution in [3.63, 3.8) is 0 Å². The third-order valence-electron chi connectivity index (χ3n) is 10.6. The molecule has 0 unspecified atom stereocenters. The molecule has 0 aliphatic heterocycles. The molecule has 0 saturated heterocycles. The lowest BCUT2D eigenvalue weighted by Crippen LogP contribution is -2.21. The summed E-state index contributed by atoms with van der Waals surface area (Å²) < 4.78 is 11.8. The molecule has 0 fully saturated rings. The molecule has 3 aromatic carbocycles. The van der Waals surface area contributed by atoms with Crippen molar-refractivity contribution in [1.82, 2.24) is 67.6 Å². The molecule has 0 bridgehead atoms. The van der Waals surface area contributed by atoms with Gasteiger partial charge >= 0.3 is 17.4 Å². The number of carbonyl (C=O) groups is 3. The maximum absolute atomic E-state index is 12.4. The molecule has 9 heterocycles. The number of methoxy groups -OCH3 is 1. The van der Waals surface area contributed by atoms with Crippen molar-refractivity contribution < 1.29 is 19.1 Å². The third-order valence-corrected chi connectivity index (χ3v) is 10.6. The minimum Gasteiger partial charge on any atom is -0.467 e. The van der Waals surface area contributed by atoms with Crippen LogP contribution in [-0.2, 0) is 7.05 Å². The molecule has 71 heavy (non-hydrogen) atoms. The average Bonchev–Trinajstić information content (AvgIpc) is 4.09. The number of carbonyl (C=O) groups excluding carboxylic acids is 3. The van der Waals surface area contributed by atoms with E-state index in [4.69, 9.17) is 4.74 Å². The number of rotatable bonds is 7. The van der Waals surface area contributed by atoms with Crippen LogP contribution in [0.2, 0.25) is 0 Å². The molecular formula is C48H35N17O6. The Kier molecular flexibility index (Phi) is 11.8. The van der Waals surface area contributed by atoms with Gasteiger partial charge in [0.1, 0.15) is 22.7 Å². The van der Waals surface area contributed by atoms with E-state index in [-0.39, 0.29) is 34.9 Å². The molecule has 4 N–H and O–H groups in total. The minimum atomic E-state index is -0.480. The number of hydrogen-bond donors (Lipinski definition) is 4. The Balaban J connectivity index is 0.000000123. The highest BCUT2D eigenvalue weighted by Crippen LogP contribution is 2.20. The number of amides is 3. The average molecular weight is 946 g/mol. The number of aromatic nitrogens is 14. The van der Waals surface area contributed by atoms with Crippen LogP contribution in [-0.4, -0.2) is 92.4 Å². The first-order valence-corrected chi connectivity index (χ1v) is 21.3. The Labute approximate surface area is 397 Å². The van der Waals surface area contributed by atoms with Gasteiger partial charge in [0, 0.05) is 43.4 Å². The van der Waals surface area contributed by atoms with Crippen LogP contribution in [0.1, 0.15) is 31.5 Å². The number of anilines is 3. The second-order valence-electron chi connectivity index (χ2n) is 15.3. The van der Waals surface area contributed by atoms with Crippen LogP contribution in [0.5, 0.6) is 6.01 Å². The molecule has 0 spiro atoms. The van der Waals surface area contributed by atoms with Crippen LogP contribution < -0.4 is 32.1 Å². The van der Waals surface area contributed by atoms with E-state index in [1.807, 2.05) is 98.3 Å². The topological polar surface area (TPSA) is 281 Å². The number of para-hydroxylation sites is 5. The number of nitrogens with one attached hydrogen (secondary N) is 4. The Hall–Kier alpha value is -10.6. The van der Waals surface area contributed by atoms with Crippen molar-refractivity contribution in [3.05, 3.63) is 191 Å². The highest BCUT2D eigenvalue weighted by atomic mass is 16.5. The predicted molar refractivity (Wildman–Crippen MR) is 260 cm³/mol. The summed E-state index contributed by atoms with van der Waals surface area (Å²) in [6.07, 6.45) is 13.8. The number of ether oxygens (including phenoxy) is 1. The van der Waals surface area contributed by atoms with Gasteiger partial charge in [0.25, 0.3) is 17.7 Å². The first-order valence-electron chi connectivity index (χ1n) is 21.3. The van der Waals surface area contributed by atoms with Crippen LogP contribution in [0.25, 0.3) is 50.2 Å². The molecule has 0 aliphatic rings. The molecule has 23 nitrogen and oxygen atoms in total. The zero-order valence-corrected chi connectivity index (χ0v) is 37.2. The van der Waals surface area contributed by atoms with Gasteiger partial charge in [-0.15, -0.1) is 0 Å². The van der Waals surface area contributed by atoms with Gasteiger partial charge in [-0.25, -0.2) is 44.5 Å². The third kappa shape index (κ3) is 9.39. The van der Waals surface area contributed by atoms with Crippen LogP contribution in [0, 0.1) is 0 Å². The maximum atomic E-state index is 12.4. The Morgan fingerprint density at radius 2 is 1.06 bits per heavy atom. The van der Waals surface area contributed by atoms with Crippen LogP contribution in [0.3, 0.4) is 0 Å². The zero-order chi connectivity index (χ0) is 49.0. The monoisotopic (exact) mass is 945 g/mol. The second kappa shape index (κ2) is 19.0. The Bertz CT molecular complexity index is 4100. The van der Waals surface area contributed by atoms with Crippen molar-refractivity contribution in [2.24, 2.45) is 7.05 Å². The quantitative estimate of drug-likeness (QED) is 0.164. The number of fused-ring (bicyclic) bond motifs is 9. The summed E-state index contributed by atoms with van der Waals surface area (Å²) in [5, 5.41) is 9.05. The van der Waals surface area contributed by atoms with E-state index in [2.05, 4.69) is 65.8 Å². The van der Waals surface area contributed by atoms with E-state index in [0.717, 1.165) is 33.0 Å². The number of nitrogens with zero attached hydrogens (tertiary/aromatic N) is 13. The summed E-state index contributed by atoms with van der Waals surface area (Å²) in [5.41, 5.74) is 6.41. The summed E-state index contributed by atoms with van der Waals surface area (Å²) in [5.74, 6) is -0.219. The van der Waals surface area contributed by atoms with Crippen molar-refractivity contribution >= 4 is 85.0 Å². The summed E-state index contributed by atoms with van der Waals surface area (Å²) in [6.45, 7) is 0. The second-order valence-corrected chi connectivity index (χ2v) is 15.3. The Morgan fingerprint density at radius 1 is 0.549 bits per heavy atom. The van der Waals surface area contributed by atoms with Gasteiger partial charge in [0.05, 0.1) is 76.5 Å². The van der Waals surface area contributed by atoms with Gasteiger partial charge in [-0.1, -0.05) is 42.5 Å². The van der Waals surface area contributed by atoms with Gasteiger partial charge in [-0.05, 0) is 54.6 Å². The molecule has 3 amide bonds. The van der Waals surface area contributed by atoms with Gasteiger partial charge in [0.2, 0.25) is 11.6 Å². The number of benzene rings is 3. The zero-order valence-electron chi connectivity index (χ0n) is 37.2. The normalized spacial score (nSPS) is 11.0. The molecular weight excluding hydrogens is 911 g/mol. The molecule has 0 saturated carbocycles. The first-order chi connectivity index (χ1) is 34.6. The molecule has 12 rings (SSSR count). The van der Waals surface area contributed by atoms with Gasteiger partial charge in [-0.2, -0.15) is 9.97 Å². The van der Waals surface area contributed by atoms with E-state index in [0.29, 0.717) is 40.0 Å². The van der Waals surface area contributed by atoms with Crippen molar-refractivity contribution in [2.75, 3.05) is 23.1 Å². The van der Waals surface area contributed by atoms with Crippen molar-refractivity contribution in [3.8, 4) is 6.01 Å². The molecule has 9 aromatic heterocycles. The fourth-order valence-corrected chi connectivity index (χ4v) is 7.24. The van der Waals surface area contributed by atoms with E-state index in [9.17, 15) is 24.0 Å². The van der Waals surface area contributed by atoms with E-state index < -0.39 is 11.6 Å². The van der Waals surface area contributed by atoms with E-state index in [1.165, 1.54) is 48.9 Å². The predicted octanol–water partition coefficient (Wildman–Crippen LogP) is 4.99. The molecule has 0 aliphatic carbocycles. The summed E-state index contributed by atoms with van der Waals surface area (Å²) >= 11 is 0. The number of H-pyrrole nitrogens is 1. The summed E-state index contributed by atoms with van der Waals surface area (Å²) in [4.78, 5) is 98.4. The van der Waals surface area contributed by atoms with E-state index >= 15 is 0 Å². The van der Waals surface area contributed by atoms with Crippen molar-refractivity contribution in [2.45, 2.75) is 0 Å². The fraction of sp³-hybridized carbons (Fsp3) is 0.0417. The highest BCUT2D eigenvalue weighted by Gasteiger charge is 2.15. The van der Waals surface area contributed by atoms with Crippen LogP contribution in [0.4, 0.5) is 17.1 Å². The number of aryl methyl sites for hydroxylation is 1. The Morgan fingerprint density at radius 3 is 1.63 bits per heavy atom. The largest absolute Gasteiger partial charge is 0.467 e. The molecule has 0 radical (unpaired) electrons. The molecule has 0 atom stereocenters. The van der Waals surface area contributed by atoms with Crippen LogP contribution in [0.15, 0.2) is 162 Å². The fourth-order valence-electron chi connectivity index (χ4n) is 7.24. The number of hydrogen-bond acceptors (Lipinski definition) is 15. The van der Waals surface area contributed by atoms with Gasteiger partial charge in [0.15, 0.2) is 0 Å². The molecule has 23 heteroatoms. The SMILES string of the molecule is COc1ncc(NC(=O)c2ccn3c(n2)nc2ccccc23)cn1.Cn1cc(NC(=O)c2ccn3c(cc4ccccc43)n2)cnc1=O.O=C(Nc1cnc(=O)[nH]c1)c1ccn2c(n1)nc1ccccc12. The smallest absolute Gasteiger partial charge is 0.347 e. The van der Waals surface area contributed by atoms with Crippen molar-refractivity contribution in [1.29, 1.82) is 0 Å². The minimum absolute atomic E-state index is 0.221. The van der Waals surface area contributed by atoms with E-state index in [1.54, 1.807) is 37.6 Å². The van der Waals surface area contributed by atoms with Gasteiger partial charge in [-0.3, -0.25) is 23.2 Å². The standard InChI is InChI=1S/C17H13N5O2.C16H12N6O2.C15H10N6O2/c1-21-10-12(9-18-17(21)24)19-16(23)13-6-7-22-14-5-3-2-4-11(14)8-15(22)20-13;1-24-16-17-8-10(9-18-16)19-14(23)12-6-7-22-13-5-3-2-4-11(13)20-15(22)21-12;22-13(18-9-7-16-15(23)17-8-9)11-5-6-21-12-4-2-1-3-10(12)19-14(21)20-11/h2-10H,1H3,(H,19,23);2-9H,1H3,(H,19,23);1-8H,(H,18,22)(H,16,17,23). The highest BCUT2D eigenvalue weighted by molar-refractivity contribution is 6.04. The lowest BCUT2D eigenvalue weighted by Gasteiger charge is -2.06. The lowest BCUT2D eigenvalue weighted by molar-refractivity contribution is 0.101. The summed E-state index contributed by atoms with van der Waals surface area (Å²) in [7, 11) is 3.04. The van der Waals surface area contributed by atoms with Crippen LogP contribution >= 0.6 is 0 Å². The molecule has 12 aromatic rings. The van der Waals surface area contributed by atoms with Gasteiger partial charge < -0.3 is 34.6 Å². The lowest BCUT2D eigenvalue weighted by atomic mass is 10.2.